The van der Waals surface area contributed by atoms with Crippen LogP contribution in [-0.4, -0.2) is 45.8 Å². The first-order valence-electron chi connectivity index (χ1n) is 9.91. The van der Waals surface area contributed by atoms with Gasteiger partial charge in [-0.25, -0.2) is 0 Å². The first-order chi connectivity index (χ1) is 13.9. The molecule has 1 aromatic heterocycles. The summed E-state index contributed by atoms with van der Waals surface area (Å²) in [6.45, 7) is 3.50. The number of likely N-dealkylation sites (tertiary alicyclic amines) is 1. The standard InChI is InChI=1S/C22H27ClN2O4/c1-17-6-7-18(23)19(15-17)29-16-22(28)9-4-12-25(14-10-22)21(27)8-13-24-11-3-2-5-20(24)26/h2-3,5-7,11,15,28H,4,8-10,12-14,16H2,1H3. The van der Waals surface area contributed by atoms with Gasteiger partial charge in [-0.2, -0.15) is 0 Å². The number of aromatic nitrogens is 1. The van der Waals surface area contributed by atoms with Gasteiger partial charge in [-0.3, -0.25) is 9.59 Å². The van der Waals surface area contributed by atoms with E-state index in [1.165, 1.54) is 10.6 Å². The number of ether oxygens (including phenoxy) is 1. The Morgan fingerprint density at radius 1 is 1.24 bits per heavy atom. The minimum atomic E-state index is -1.00. The van der Waals surface area contributed by atoms with Crippen molar-refractivity contribution in [3.63, 3.8) is 0 Å². The molecule has 1 aromatic carbocycles. The molecule has 1 saturated heterocycles. The van der Waals surface area contributed by atoms with Crippen LogP contribution in [0.5, 0.6) is 5.75 Å². The van der Waals surface area contributed by atoms with Crippen molar-refractivity contribution in [1.29, 1.82) is 0 Å². The van der Waals surface area contributed by atoms with Crippen molar-refractivity contribution in [2.75, 3.05) is 19.7 Å². The van der Waals surface area contributed by atoms with Crippen LogP contribution >= 0.6 is 11.6 Å². The zero-order valence-corrected chi connectivity index (χ0v) is 17.4. The molecule has 1 aliphatic rings. The smallest absolute Gasteiger partial charge is 0.250 e. The van der Waals surface area contributed by atoms with E-state index in [1.807, 2.05) is 19.1 Å². The Bertz CT molecular complexity index is 914. The van der Waals surface area contributed by atoms with E-state index in [2.05, 4.69) is 0 Å². The number of nitrogens with zero attached hydrogens (tertiary/aromatic N) is 2. The molecule has 0 bridgehead atoms. The second-order valence-corrected chi connectivity index (χ2v) is 8.07. The lowest BCUT2D eigenvalue weighted by molar-refractivity contribution is -0.131. The Morgan fingerprint density at radius 2 is 2.07 bits per heavy atom. The second kappa shape index (κ2) is 9.46. The van der Waals surface area contributed by atoms with Crippen molar-refractivity contribution in [2.24, 2.45) is 0 Å². The van der Waals surface area contributed by atoms with Gasteiger partial charge >= 0.3 is 0 Å². The highest BCUT2D eigenvalue weighted by Gasteiger charge is 2.32. The van der Waals surface area contributed by atoms with Crippen LogP contribution in [-0.2, 0) is 11.3 Å². The SMILES string of the molecule is Cc1ccc(Cl)c(OCC2(O)CCCN(C(=O)CCn3ccccc3=O)CC2)c1. The van der Waals surface area contributed by atoms with E-state index in [-0.39, 0.29) is 24.5 Å². The monoisotopic (exact) mass is 418 g/mol. The van der Waals surface area contributed by atoms with Crippen LogP contribution < -0.4 is 10.3 Å². The summed E-state index contributed by atoms with van der Waals surface area (Å²) < 4.78 is 7.34. The average molecular weight is 419 g/mol. The fraction of sp³-hybridized carbons (Fsp3) is 0.455. The fourth-order valence-corrected chi connectivity index (χ4v) is 3.70. The molecule has 29 heavy (non-hydrogen) atoms. The van der Waals surface area contributed by atoms with Crippen molar-refractivity contribution in [1.82, 2.24) is 9.47 Å². The van der Waals surface area contributed by atoms with Gasteiger partial charge in [0.25, 0.3) is 5.56 Å². The van der Waals surface area contributed by atoms with Crippen LogP contribution in [0.4, 0.5) is 0 Å². The highest BCUT2D eigenvalue weighted by molar-refractivity contribution is 6.32. The van der Waals surface area contributed by atoms with Gasteiger partial charge in [-0.05, 0) is 49.9 Å². The molecule has 2 heterocycles. The lowest BCUT2D eigenvalue weighted by Gasteiger charge is -2.27. The lowest BCUT2D eigenvalue weighted by Crippen LogP contribution is -2.38. The van der Waals surface area contributed by atoms with Crippen LogP contribution in [0.2, 0.25) is 5.02 Å². The van der Waals surface area contributed by atoms with Crippen molar-refractivity contribution in [3.05, 3.63) is 63.5 Å². The summed E-state index contributed by atoms with van der Waals surface area (Å²) >= 11 is 6.17. The molecule has 3 rings (SSSR count). The zero-order chi connectivity index (χ0) is 20.9. The highest BCUT2D eigenvalue weighted by atomic mass is 35.5. The molecule has 0 spiro atoms. The Labute approximate surface area is 175 Å². The molecule has 1 atom stereocenters. The lowest BCUT2D eigenvalue weighted by atomic mass is 9.96. The number of hydrogen-bond donors (Lipinski definition) is 1. The number of aliphatic hydroxyl groups is 1. The maximum Gasteiger partial charge on any atom is 0.250 e. The predicted octanol–water partition coefficient (Wildman–Crippen LogP) is 3.02. The largest absolute Gasteiger partial charge is 0.489 e. The van der Waals surface area contributed by atoms with E-state index >= 15 is 0 Å². The number of hydrogen-bond acceptors (Lipinski definition) is 4. The van der Waals surface area contributed by atoms with E-state index in [1.54, 1.807) is 29.3 Å². The van der Waals surface area contributed by atoms with E-state index < -0.39 is 5.60 Å². The molecule has 2 aromatic rings. The number of amides is 1. The van der Waals surface area contributed by atoms with Crippen molar-refractivity contribution in [2.45, 2.75) is 44.8 Å². The van der Waals surface area contributed by atoms with Gasteiger partial charge < -0.3 is 19.3 Å². The molecule has 1 N–H and O–H groups in total. The summed E-state index contributed by atoms with van der Waals surface area (Å²) in [6, 6.07) is 10.5. The van der Waals surface area contributed by atoms with E-state index in [0.29, 0.717) is 49.7 Å². The van der Waals surface area contributed by atoms with Crippen LogP contribution in [0.25, 0.3) is 0 Å². The number of aryl methyl sites for hydroxylation is 2. The van der Waals surface area contributed by atoms with E-state index in [4.69, 9.17) is 16.3 Å². The summed E-state index contributed by atoms with van der Waals surface area (Å²) in [5.41, 5.74) is -0.0811. The minimum absolute atomic E-state index is 0.00681. The number of rotatable bonds is 6. The zero-order valence-electron chi connectivity index (χ0n) is 16.6. The number of carbonyl (C=O) groups is 1. The minimum Gasteiger partial charge on any atom is -0.489 e. The Kier molecular flexibility index (Phi) is 6.98. The van der Waals surface area contributed by atoms with E-state index in [0.717, 1.165) is 5.56 Å². The third kappa shape index (κ3) is 5.84. The van der Waals surface area contributed by atoms with Crippen LogP contribution in [0, 0.1) is 6.92 Å². The van der Waals surface area contributed by atoms with Gasteiger partial charge in [0.15, 0.2) is 0 Å². The number of pyridine rings is 1. The topological polar surface area (TPSA) is 71.8 Å². The summed E-state index contributed by atoms with van der Waals surface area (Å²) in [5, 5.41) is 11.5. The van der Waals surface area contributed by atoms with Crippen molar-refractivity contribution < 1.29 is 14.6 Å². The third-order valence-corrected chi connectivity index (χ3v) is 5.63. The first-order valence-corrected chi connectivity index (χ1v) is 10.3. The normalized spacial score (nSPS) is 19.6. The number of halogens is 1. The van der Waals surface area contributed by atoms with Gasteiger partial charge in [0, 0.05) is 38.3 Å². The molecule has 1 fully saturated rings. The molecular weight excluding hydrogens is 392 g/mol. The molecule has 6 nitrogen and oxygen atoms in total. The van der Waals surface area contributed by atoms with E-state index in [9.17, 15) is 14.7 Å². The average Bonchev–Trinajstić information content (AvgIpc) is 2.90. The van der Waals surface area contributed by atoms with Gasteiger partial charge in [0.1, 0.15) is 18.0 Å². The Morgan fingerprint density at radius 3 is 2.86 bits per heavy atom. The van der Waals surface area contributed by atoms with Gasteiger partial charge in [-0.15, -0.1) is 0 Å². The van der Waals surface area contributed by atoms with Gasteiger partial charge in [-0.1, -0.05) is 23.7 Å². The summed E-state index contributed by atoms with van der Waals surface area (Å²) in [7, 11) is 0. The van der Waals surface area contributed by atoms with Crippen molar-refractivity contribution >= 4 is 17.5 Å². The molecule has 1 aliphatic heterocycles. The Hall–Kier alpha value is -2.31. The van der Waals surface area contributed by atoms with Crippen molar-refractivity contribution in [3.8, 4) is 5.75 Å². The molecule has 7 heteroatoms. The maximum atomic E-state index is 12.6. The summed E-state index contributed by atoms with van der Waals surface area (Å²) in [5.74, 6) is 0.554. The second-order valence-electron chi connectivity index (χ2n) is 7.66. The number of carbonyl (C=O) groups excluding carboxylic acids is 1. The van der Waals surface area contributed by atoms with Crippen LogP contribution in [0.1, 0.15) is 31.2 Å². The van der Waals surface area contributed by atoms with Gasteiger partial charge in [0.2, 0.25) is 5.91 Å². The van der Waals surface area contributed by atoms with Crippen LogP contribution in [0.3, 0.4) is 0 Å². The third-order valence-electron chi connectivity index (χ3n) is 5.32. The molecule has 1 amide bonds. The highest BCUT2D eigenvalue weighted by Crippen LogP contribution is 2.29. The van der Waals surface area contributed by atoms with Gasteiger partial charge in [0.05, 0.1) is 5.02 Å². The summed E-state index contributed by atoms with van der Waals surface area (Å²) in [6.07, 6.45) is 3.63. The quantitative estimate of drug-likeness (QED) is 0.782. The fourth-order valence-electron chi connectivity index (χ4n) is 3.53. The molecule has 1 unspecified atom stereocenters. The predicted molar refractivity (Wildman–Crippen MR) is 112 cm³/mol. The Balaban J connectivity index is 1.53. The molecule has 0 saturated carbocycles. The van der Waals surface area contributed by atoms with Crippen LogP contribution in [0.15, 0.2) is 47.4 Å². The molecular formula is C22H27ClN2O4. The summed E-state index contributed by atoms with van der Waals surface area (Å²) in [4.78, 5) is 26.1. The number of benzene rings is 1. The molecule has 0 radical (unpaired) electrons. The maximum absolute atomic E-state index is 12.6. The first kappa shape index (κ1) is 21.4. The molecule has 156 valence electrons. The molecule has 0 aliphatic carbocycles.